The average Bonchev–Trinajstić information content (AvgIpc) is 2.58. The number of likely N-dealkylation sites (tertiary alicyclic amines) is 1. The second-order valence-corrected chi connectivity index (χ2v) is 6.16. The number of rotatable bonds is 4. The molecule has 0 radical (unpaired) electrons. The summed E-state index contributed by atoms with van der Waals surface area (Å²) in [7, 11) is 0. The summed E-state index contributed by atoms with van der Waals surface area (Å²) in [5, 5.41) is 0. The highest BCUT2D eigenvalue weighted by Crippen LogP contribution is 2.38. The van der Waals surface area contributed by atoms with Crippen LogP contribution in [-0.4, -0.2) is 24.1 Å². The number of amides is 1. The van der Waals surface area contributed by atoms with Gasteiger partial charge in [-0.25, -0.2) is 9.18 Å². The number of carbonyl (C=O) groups is 1. The van der Waals surface area contributed by atoms with Gasteiger partial charge in [0.1, 0.15) is 11.4 Å². The molecule has 5 heteroatoms. The Morgan fingerprint density at radius 1 is 1.08 bits per heavy atom. The fourth-order valence-electron chi connectivity index (χ4n) is 3.36. The maximum absolute atomic E-state index is 14.3. The third kappa shape index (κ3) is 3.57. The van der Waals surface area contributed by atoms with Crippen molar-refractivity contribution in [3.8, 4) is 0 Å². The lowest BCUT2D eigenvalue weighted by Gasteiger charge is -2.41. The van der Waals surface area contributed by atoms with Crippen LogP contribution in [0.5, 0.6) is 0 Å². The molecule has 0 unspecified atom stereocenters. The van der Waals surface area contributed by atoms with Crippen LogP contribution in [0.15, 0.2) is 54.6 Å². The van der Waals surface area contributed by atoms with Gasteiger partial charge in [0.05, 0.1) is 0 Å². The Balaban J connectivity index is 1.76. The molecule has 4 nitrogen and oxygen atoms in total. The molecule has 126 valence electrons. The monoisotopic (exact) mass is 328 g/mol. The number of benzene rings is 2. The fourth-order valence-corrected chi connectivity index (χ4v) is 3.36. The van der Waals surface area contributed by atoms with Gasteiger partial charge in [0.15, 0.2) is 0 Å². The highest BCUT2D eigenvalue weighted by Gasteiger charge is 2.41. The zero-order valence-corrected chi connectivity index (χ0v) is 13.5. The number of piperidine rings is 1. The van der Waals surface area contributed by atoms with E-state index in [-0.39, 0.29) is 5.82 Å². The first kappa shape index (κ1) is 16.5. The standard InChI is InChI=1S/C19H21FN2O2/c20-17-9-5-4-8-16(17)19(24-18(21)23)10-12-22(13-11-19)14-15-6-2-1-3-7-15/h1-9H,10-14H2,(H2,21,23). The van der Waals surface area contributed by atoms with E-state index < -0.39 is 11.7 Å². The second kappa shape index (κ2) is 7.01. The van der Waals surface area contributed by atoms with Gasteiger partial charge >= 0.3 is 6.09 Å². The minimum absolute atomic E-state index is 0.366. The zero-order chi connectivity index (χ0) is 17.0. The smallest absolute Gasteiger partial charge is 0.405 e. The van der Waals surface area contributed by atoms with Crippen molar-refractivity contribution < 1.29 is 13.9 Å². The van der Waals surface area contributed by atoms with Crippen molar-refractivity contribution >= 4 is 6.09 Å². The van der Waals surface area contributed by atoms with Crippen LogP contribution in [0.3, 0.4) is 0 Å². The van der Waals surface area contributed by atoms with E-state index in [4.69, 9.17) is 10.5 Å². The van der Waals surface area contributed by atoms with Crippen molar-refractivity contribution in [2.75, 3.05) is 13.1 Å². The van der Waals surface area contributed by atoms with Gasteiger partial charge in [-0.3, -0.25) is 4.90 Å². The summed E-state index contributed by atoms with van der Waals surface area (Å²) in [4.78, 5) is 13.7. The number of carbonyl (C=O) groups excluding carboxylic acids is 1. The van der Waals surface area contributed by atoms with E-state index in [0.29, 0.717) is 31.5 Å². The SMILES string of the molecule is NC(=O)OC1(c2ccccc2F)CCN(Cc2ccccc2)CC1. The molecule has 1 amide bonds. The van der Waals surface area contributed by atoms with E-state index >= 15 is 0 Å². The predicted molar refractivity (Wildman–Crippen MR) is 89.7 cm³/mol. The Morgan fingerprint density at radius 3 is 2.33 bits per heavy atom. The first-order valence-corrected chi connectivity index (χ1v) is 8.09. The number of nitrogens with zero attached hydrogens (tertiary/aromatic N) is 1. The molecule has 2 aromatic rings. The quantitative estimate of drug-likeness (QED) is 0.936. The molecule has 0 bridgehead atoms. The third-order valence-corrected chi connectivity index (χ3v) is 4.57. The molecule has 1 aliphatic rings. The summed E-state index contributed by atoms with van der Waals surface area (Å²) < 4.78 is 19.7. The lowest BCUT2D eigenvalue weighted by molar-refractivity contribution is -0.0402. The summed E-state index contributed by atoms with van der Waals surface area (Å²) in [6, 6.07) is 16.6. The van der Waals surface area contributed by atoms with Gasteiger partial charge in [-0.1, -0.05) is 48.5 Å². The van der Waals surface area contributed by atoms with Gasteiger partial charge < -0.3 is 10.5 Å². The van der Waals surface area contributed by atoms with Crippen LogP contribution in [-0.2, 0) is 16.9 Å². The van der Waals surface area contributed by atoms with Gasteiger partial charge in [0.2, 0.25) is 0 Å². The van der Waals surface area contributed by atoms with Crippen molar-refractivity contribution in [3.63, 3.8) is 0 Å². The van der Waals surface area contributed by atoms with Gasteiger partial charge in [-0.2, -0.15) is 0 Å². The van der Waals surface area contributed by atoms with Crippen molar-refractivity contribution in [1.82, 2.24) is 4.90 Å². The minimum atomic E-state index is -0.982. The van der Waals surface area contributed by atoms with Crippen LogP contribution in [0, 0.1) is 5.82 Å². The molecule has 0 spiro atoms. The average molecular weight is 328 g/mol. The van der Waals surface area contributed by atoms with Crippen LogP contribution in [0.1, 0.15) is 24.0 Å². The van der Waals surface area contributed by atoms with Crippen molar-refractivity contribution in [3.05, 3.63) is 71.5 Å². The number of ether oxygens (including phenoxy) is 1. The highest BCUT2D eigenvalue weighted by atomic mass is 19.1. The number of primary amides is 1. The molecule has 1 fully saturated rings. The molecule has 1 aliphatic heterocycles. The number of hydrogen-bond acceptors (Lipinski definition) is 3. The van der Waals surface area contributed by atoms with E-state index in [9.17, 15) is 9.18 Å². The third-order valence-electron chi connectivity index (χ3n) is 4.57. The van der Waals surface area contributed by atoms with Crippen molar-refractivity contribution in [2.45, 2.75) is 25.0 Å². The summed E-state index contributed by atoms with van der Waals surface area (Å²) in [5.41, 5.74) is 5.91. The molecule has 1 heterocycles. The Labute approximate surface area is 141 Å². The van der Waals surface area contributed by atoms with E-state index in [1.807, 2.05) is 18.2 Å². The molecule has 3 rings (SSSR count). The number of hydrogen-bond donors (Lipinski definition) is 1. The van der Waals surface area contributed by atoms with Crippen LogP contribution in [0.4, 0.5) is 9.18 Å². The van der Waals surface area contributed by atoms with Crippen LogP contribution in [0.2, 0.25) is 0 Å². The van der Waals surface area contributed by atoms with E-state index in [1.54, 1.807) is 18.2 Å². The molecule has 0 aliphatic carbocycles. The maximum Gasteiger partial charge on any atom is 0.405 e. The lowest BCUT2D eigenvalue weighted by Crippen LogP contribution is -2.46. The summed E-state index contributed by atoms with van der Waals surface area (Å²) in [6.07, 6.45) is 0.169. The normalized spacial score (nSPS) is 17.4. The molecule has 1 saturated heterocycles. The molecular weight excluding hydrogens is 307 g/mol. The Hall–Kier alpha value is -2.40. The fraction of sp³-hybridized carbons (Fsp3) is 0.316. The van der Waals surface area contributed by atoms with Crippen LogP contribution in [0.25, 0.3) is 0 Å². The number of halogens is 1. The second-order valence-electron chi connectivity index (χ2n) is 6.16. The summed E-state index contributed by atoms with van der Waals surface area (Å²) in [6.45, 7) is 2.23. The molecule has 2 N–H and O–H groups in total. The van der Waals surface area contributed by atoms with Gasteiger partial charge in [-0.15, -0.1) is 0 Å². The summed E-state index contributed by atoms with van der Waals surface area (Å²) in [5.74, 6) is -0.366. The Bertz CT molecular complexity index is 698. The van der Waals surface area contributed by atoms with Crippen LogP contribution < -0.4 is 5.73 Å². The first-order valence-electron chi connectivity index (χ1n) is 8.09. The van der Waals surface area contributed by atoms with Gasteiger partial charge in [-0.05, 0) is 11.6 Å². The van der Waals surface area contributed by atoms with Crippen LogP contribution >= 0.6 is 0 Å². The molecule has 24 heavy (non-hydrogen) atoms. The topological polar surface area (TPSA) is 55.6 Å². The molecule has 0 atom stereocenters. The maximum atomic E-state index is 14.3. The molecule has 0 saturated carbocycles. The Morgan fingerprint density at radius 2 is 1.71 bits per heavy atom. The summed E-state index contributed by atoms with van der Waals surface area (Å²) >= 11 is 0. The van der Waals surface area contributed by atoms with Gasteiger partial charge in [0.25, 0.3) is 0 Å². The van der Waals surface area contributed by atoms with E-state index in [1.165, 1.54) is 11.6 Å². The number of nitrogens with two attached hydrogens (primary N) is 1. The minimum Gasteiger partial charge on any atom is -0.438 e. The lowest BCUT2D eigenvalue weighted by atomic mass is 9.83. The van der Waals surface area contributed by atoms with Crippen molar-refractivity contribution in [2.24, 2.45) is 5.73 Å². The van der Waals surface area contributed by atoms with E-state index in [2.05, 4.69) is 17.0 Å². The predicted octanol–water partition coefficient (Wildman–Crippen LogP) is 3.41. The van der Waals surface area contributed by atoms with Gasteiger partial charge in [0, 0.05) is 38.0 Å². The molecular formula is C19H21FN2O2. The molecule has 2 aromatic carbocycles. The molecule has 0 aromatic heterocycles. The largest absolute Gasteiger partial charge is 0.438 e. The van der Waals surface area contributed by atoms with Crippen molar-refractivity contribution in [1.29, 1.82) is 0 Å². The van der Waals surface area contributed by atoms with E-state index in [0.717, 1.165) is 6.54 Å². The highest BCUT2D eigenvalue weighted by molar-refractivity contribution is 5.65. The first-order chi connectivity index (χ1) is 11.6. The Kier molecular flexibility index (Phi) is 4.81. The zero-order valence-electron chi connectivity index (χ0n) is 13.5.